The fourth-order valence-electron chi connectivity index (χ4n) is 3.62. The van der Waals surface area contributed by atoms with Crippen LogP contribution in [-0.4, -0.2) is 31.1 Å². The summed E-state index contributed by atoms with van der Waals surface area (Å²) in [4.78, 5) is 2.45. The van der Waals surface area contributed by atoms with Crippen LogP contribution in [0.15, 0.2) is 22.7 Å². The van der Waals surface area contributed by atoms with Crippen molar-refractivity contribution >= 4 is 15.9 Å². The third-order valence-electron chi connectivity index (χ3n) is 4.71. The van der Waals surface area contributed by atoms with E-state index in [2.05, 4.69) is 58.3 Å². The summed E-state index contributed by atoms with van der Waals surface area (Å²) in [6, 6.07) is 8.00. The first-order chi connectivity index (χ1) is 9.13. The van der Waals surface area contributed by atoms with Gasteiger partial charge in [-0.2, -0.15) is 0 Å². The highest BCUT2D eigenvalue weighted by atomic mass is 79.9. The molecule has 19 heavy (non-hydrogen) atoms. The van der Waals surface area contributed by atoms with E-state index in [1.807, 2.05) is 0 Å². The molecule has 1 aromatic carbocycles. The normalized spacial score (nSPS) is 31.4. The smallest absolute Gasteiger partial charge is 0.0328 e. The number of likely N-dealkylation sites (tertiary alicyclic amines) is 1. The van der Waals surface area contributed by atoms with Crippen LogP contribution in [0, 0.1) is 5.92 Å². The maximum atomic E-state index is 3.92. The fraction of sp³-hybridized carbons (Fsp3) is 0.625. The van der Waals surface area contributed by atoms with E-state index in [0.717, 1.165) is 5.92 Å². The second-order valence-electron chi connectivity index (χ2n) is 6.24. The highest BCUT2D eigenvalue weighted by Crippen LogP contribution is 2.34. The minimum atomic E-state index is 0.568. The van der Waals surface area contributed by atoms with E-state index in [9.17, 15) is 0 Å². The van der Waals surface area contributed by atoms with Crippen molar-refractivity contribution in [3.05, 3.63) is 33.8 Å². The van der Waals surface area contributed by atoms with Crippen LogP contribution >= 0.6 is 15.9 Å². The Morgan fingerprint density at radius 3 is 2.95 bits per heavy atom. The lowest BCUT2D eigenvalue weighted by atomic mass is 9.93. The van der Waals surface area contributed by atoms with E-state index in [1.165, 1.54) is 48.0 Å². The average molecular weight is 323 g/mol. The maximum absolute atomic E-state index is 3.92. The van der Waals surface area contributed by atoms with Gasteiger partial charge in [-0.05, 0) is 62.0 Å². The monoisotopic (exact) mass is 322 g/mol. The Morgan fingerprint density at radius 2 is 2.16 bits per heavy atom. The lowest BCUT2D eigenvalue weighted by Gasteiger charge is -2.37. The van der Waals surface area contributed by atoms with Crippen LogP contribution in [0.2, 0.25) is 0 Å². The van der Waals surface area contributed by atoms with Gasteiger partial charge < -0.3 is 10.2 Å². The summed E-state index contributed by atoms with van der Waals surface area (Å²) in [5, 5.41) is 3.92. The Labute approximate surface area is 124 Å². The zero-order valence-electron chi connectivity index (χ0n) is 11.8. The summed E-state index contributed by atoms with van der Waals surface area (Å²) in [5.74, 6) is 0.748. The molecule has 1 fully saturated rings. The minimum Gasteiger partial charge on any atom is -0.307 e. The topological polar surface area (TPSA) is 15.3 Å². The molecule has 0 aromatic heterocycles. The molecular weight excluding hydrogens is 300 g/mol. The largest absolute Gasteiger partial charge is 0.307 e. The van der Waals surface area contributed by atoms with E-state index in [4.69, 9.17) is 0 Å². The maximum Gasteiger partial charge on any atom is 0.0328 e. The summed E-state index contributed by atoms with van der Waals surface area (Å²) < 4.78 is 1.21. The highest BCUT2D eigenvalue weighted by molar-refractivity contribution is 9.10. The van der Waals surface area contributed by atoms with Crippen LogP contribution in [0.25, 0.3) is 0 Å². The Kier molecular flexibility index (Phi) is 3.97. The molecule has 1 heterocycles. The summed E-state index contributed by atoms with van der Waals surface area (Å²) in [6.07, 6.45) is 3.75. The van der Waals surface area contributed by atoms with E-state index in [1.54, 1.807) is 0 Å². The number of benzene rings is 1. The number of aryl methyl sites for hydroxylation is 1. The molecule has 1 saturated heterocycles. The van der Waals surface area contributed by atoms with Crippen molar-refractivity contribution in [2.45, 2.75) is 38.3 Å². The molecule has 2 nitrogen and oxygen atoms in total. The van der Waals surface area contributed by atoms with Crippen molar-refractivity contribution in [2.24, 2.45) is 5.92 Å². The Hall–Kier alpha value is -0.380. The molecular formula is C16H23BrN2. The van der Waals surface area contributed by atoms with Gasteiger partial charge in [-0.25, -0.2) is 0 Å². The van der Waals surface area contributed by atoms with Crippen molar-refractivity contribution in [3.63, 3.8) is 0 Å². The molecule has 0 saturated carbocycles. The number of hydrogen-bond donors (Lipinski definition) is 1. The van der Waals surface area contributed by atoms with Gasteiger partial charge in [-0.3, -0.25) is 0 Å². The van der Waals surface area contributed by atoms with Crippen LogP contribution in [0.4, 0.5) is 0 Å². The highest BCUT2D eigenvalue weighted by Gasteiger charge is 2.29. The third-order valence-corrected chi connectivity index (χ3v) is 5.20. The van der Waals surface area contributed by atoms with Gasteiger partial charge in [0.1, 0.15) is 0 Å². The number of piperidine rings is 1. The number of nitrogens with zero attached hydrogens (tertiary/aromatic N) is 1. The third kappa shape index (κ3) is 2.88. The van der Waals surface area contributed by atoms with Gasteiger partial charge in [-0.1, -0.05) is 28.9 Å². The number of hydrogen-bond acceptors (Lipinski definition) is 2. The quantitative estimate of drug-likeness (QED) is 0.898. The van der Waals surface area contributed by atoms with E-state index >= 15 is 0 Å². The van der Waals surface area contributed by atoms with Gasteiger partial charge in [0, 0.05) is 23.1 Å². The van der Waals surface area contributed by atoms with Crippen molar-refractivity contribution in [1.82, 2.24) is 10.2 Å². The Balaban J connectivity index is 1.69. The van der Waals surface area contributed by atoms with Gasteiger partial charge in [0.15, 0.2) is 0 Å². The summed E-state index contributed by atoms with van der Waals surface area (Å²) in [5.41, 5.74) is 3.04. The number of nitrogens with one attached hydrogen (secondary N) is 1. The molecule has 3 rings (SSSR count). The summed E-state index contributed by atoms with van der Waals surface area (Å²) in [7, 11) is 2.23. The predicted octanol–water partition coefficient (Wildman–Crippen LogP) is 3.37. The molecule has 0 spiro atoms. The van der Waals surface area contributed by atoms with Gasteiger partial charge in [0.25, 0.3) is 0 Å². The van der Waals surface area contributed by atoms with Crippen molar-refractivity contribution in [1.29, 1.82) is 0 Å². The predicted molar refractivity (Wildman–Crippen MR) is 83.4 cm³/mol. The molecule has 1 aliphatic carbocycles. The summed E-state index contributed by atoms with van der Waals surface area (Å²) >= 11 is 3.57. The molecule has 2 aliphatic rings. The van der Waals surface area contributed by atoms with Crippen molar-refractivity contribution in [2.75, 3.05) is 20.1 Å². The molecule has 3 heteroatoms. The number of rotatable bonds is 2. The molecule has 3 unspecified atom stereocenters. The van der Waals surface area contributed by atoms with Crippen molar-refractivity contribution < 1.29 is 0 Å². The lowest BCUT2D eigenvalue weighted by molar-refractivity contribution is 0.166. The van der Waals surface area contributed by atoms with Gasteiger partial charge >= 0.3 is 0 Å². The van der Waals surface area contributed by atoms with Gasteiger partial charge in [0.05, 0.1) is 0 Å². The lowest BCUT2D eigenvalue weighted by Crippen LogP contribution is -2.47. The average Bonchev–Trinajstić information content (AvgIpc) is 2.75. The molecule has 0 bridgehead atoms. The van der Waals surface area contributed by atoms with Crippen molar-refractivity contribution in [3.8, 4) is 0 Å². The molecule has 0 radical (unpaired) electrons. The second kappa shape index (κ2) is 5.55. The van der Waals surface area contributed by atoms with Crippen LogP contribution in [0.3, 0.4) is 0 Å². The second-order valence-corrected chi connectivity index (χ2v) is 7.15. The van der Waals surface area contributed by atoms with Crippen LogP contribution in [0.5, 0.6) is 0 Å². The molecule has 104 valence electrons. The van der Waals surface area contributed by atoms with Crippen LogP contribution < -0.4 is 5.32 Å². The Bertz CT molecular complexity index is 460. The zero-order chi connectivity index (χ0) is 13.4. The van der Waals surface area contributed by atoms with Gasteiger partial charge in [0.2, 0.25) is 0 Å². The zero-order valence-corrected chi connectivity index (χ0v) is 13.4. The van der Waals surface area contributed by atoms with E-state index < -0.39 is 0 Å². The SMILES string of the molecule is CC1CN(C)CCC1NC1CCc2cc(Br)ccc21. The summed E-state index contributed by atoms with van der Waals surface area (Å²) in [6.45, 7) is 4.82. The molecule has 0 amide bonds. The number of fused-ring (bicyclic) bond motifs is 1. The first-order valence-corrected chi connectivity index (χ1v) is 8.15. The molecule has 1 N–H and O–H groups in total. The number of halogens is 1. The first-order valence-electron chi connectivity index (χ1n) is 7.36. The standard InChI is InChI=1S/C16H23BrN2/c1-11-10-19(2)8-7-15(11)18-16-6-3-12-9-13(17)4-5-14(12)16/h4-5,9,11,15-16,18H,3,6-8,10H2,1-2H3. The van der Waals surface area contributed by atoms with E-state index in [-0.39, 0.29) is 0 Å². The van der Waals surface area contributed by atoms with Crippen LogP contribution in [-0.2, 0) is 6.42 Å². The molecule has 1 aliphatic heterocycles. The van der Waals surface area contributed by atoms with Gasteiger partial charge in [-0.15, -0.1) is 0 Å². The first kappa shape index (κ1) is 13.6. The molecule has 3 atom stereocenters. The van der Waals surface area contributed by atoms with Crippen LogP contribution in [0.1, 0.15) is 36.9 Å². The Morgan fingerprint density at radius 1 is 1.32 bits per heavy atom. The molecule has 1 aromatic rings. The fourth-order valence-corrected chi connectivity index (χ4v) is 4.03. The minimum absolute atomic E-state index is 0.568. The van der Waals surface area contributed by atoms with E-state index in [0.29, 0.717) is 12.1 Å².